The van der Waals surface area contributed by atoms with Gasteiger partial charge in [0.2, 0.25) is 5.91 Å². The summed E-state index contributed by atoms with van der Waals surface area (Å²) in [5.41, 5.74) is 0.935. The van der Waals surface area contributed by atoms with Gasteiger partial charge in [-0.2, -0.15) is 0 Å². The van der Waals surface area contributed by atoms with Crippen molar-refractivity contribution < 1.29 is 9.18 Å². The molecule has 0 radical (unpaired) electrons. The van der Waals surface area contributed by atoms with Gasteiger partial charge >= 0.3 is 0 Å². The van der Waals surface area contributed by atoms with Crippen molar-refractivity contribution in [2.45, 2.75) is 61.5 Å². The van der Waals surface area contributed by atoms with E-state index >= 15 is 0 Å². The molecular formula is C18H23FN2OS. The van der Waals surface area contributed by atoms with Crippen LogP contribution >= 0.6 is 11.8 Å². The van der Waals surface area contributed by atoms with E-state index in [1.54, 1.807) is 17.8 Å². The van der Waals surface area contributed by atoms with E-state index in [1.807, 2.05) is 6.07 Å². The number of carbonyl (C=O) groups is 1. The van der Waals surface area contributed by atoms with Gasteiger partial charge in [-0.25, -0.2) is 4.39 Å². The molecule has 5 heteroatoms. The number of thioether (sulfide) groups is 1. The van der Waals surface area contributed by atoms with Gasteiger partial charge in [0, 0.05) is 16.7 Å². The summed E-state index contributed by atoms with van der Waals surface area (Å²) in [4.78, 5) is 13.4. The number of benzene rings is 1. The number of nitrogens with one attached hydrogen (secondary N) is 2. The maximum absolute atomic E-state index is 13.9. The molecule has 124 valence electrons. The highest BCUT2D eigenvalue weighted by Crippen LogP contribution is 2.38. The van der Waals surface area contributed by atoms with E-state index in [9.17, 15) is 9.18 Å². The van der Waals surface area contributed by atoms with Gasteiger partial charge in [0.15, 0.2) is 0 Å². The van der Waals surface area contributed by atoms with Crippen molar-refractivity contribution in [3.8, 4) is 0 Å². The van der Waals surface area contributed by atoms with E-state index < -0.39 is 0 Å². The third kappa shape index (κ3) is 3.01. The van der Waals surface area contributed by atoms with Crippen LogP contribution in [0.5, 0.6) is 0 Å². The normalized spacial score (nSPS) is 32.9. The lowest BCUT2D eigenvalue weighted by Crippen LogP contribution is -2.44. The fourth-order valence-corrected chi connectivity index (χ4v) is 5.47. The minimum atomic E-state index is -0.170. The Labute approximate surface area is 140 Å². The number of hydrogen-bond acceptors (Lipinski definition) is 3. The number of amides is 1. The first-order chi connectivity index (χ1) is 11.2. The smallest absolute Gasteiger partial charge is 0.237 e. The molecule has 2 fully saturated rings. The Morgan fingerprint density at radius 1 is 1.26 bits per heavy atom. The third-order valence-corrected chi connectivity index (χ3v) is 6.68. The fourth-order valence-electron chi connectivity index (χ4n) is 4.33. The summed E-state index contributed by atoms with van der Waals surface area (Å²) in [6.07, 6.45) is 6.83. The molecule has 1 saturated carbocycles. The van der Waals surface area contributed by atoms with E-state index in [-0.39, 0.29) is 23.8 Å². The number of rotatable bonds is 2. The van der Waals surface area contributed by atoms with E-state index in [2.05, 4.69) is 10.6 Å². The molecule has 2 heterocycles. The van der Waals surface area contributed by atoms with E-state index in [0.717, 1.165) is 24.2 Å². The van der Waals surface area contributed by atoms with Crippen molar-refractivity contribution in [3.05, 3.63) is 29.6 Å². The summed E-state index contributed by atoms with van der Waals surface area (Å²) in [7, 11) is 0. The average Bonchev–Trinajstić information content (AvgIpc) is 3.00. The largest absolute Gasteiger partial charge is 0.348 e. The maximum Gasteiger partial charge on any atom is 0.237 e. The van der Waals surface area contributed by atoms with Gasteiger partial charge in [0.05, 0.1) is 12.1 Å². The lowest BCUT2D eigenvalue weighted by molar-refractivity contribution is -0.123. The van der Waals surface area contributed by atoms with Crippen LogP contribution in [0, 0.1) is 11.7 Å². The van der Waals surface area contributed by atoms with Gasteiger partial charge in [-0.05, 0) is 43.2 Å². The number of carbonyl (C=O) groups excluding carboxylic acids is 1. The zero-order chi connectivity index (χ0) is 15.8. The fraction of sp³-hybridized carbons (Fsp3) is 0.611. The molecule has 1 saturated heterocycles. The summed E-state index contributed by atoms with van der Waals surface area (Å²) in [5.74, 6) is 1.43. The van der Waals surface area contributed by atoms with Crippen LogP contribution in [0.15, 0.2) is 23.1 Å². The Morgan fingerprint density at radius 2 is 2.13 bits per heavy atom. The highest BCUT2D eigenvalue weighted by molar-refractivity contribution is 7.99. The maximum atomic E-state index is 13.9. The summed E-state index contributed by atoms with van der Waals surface area (Å²) in [5, 5.41) is 6.70. The molecule has 1 aromatic rings. The Balaban J connectivity index is 1.45. The van der Waals surface area contributed by atoms with Gasteiger partial charge in [0.25, 0.3) is 0 Å². The first kappa shape index (κ1) is 15.5. The summed E-state index contributed by atoms with van der Waals surface area (Å²) in [6.45, 7) is 0. The second-order valence-electron chi connectivity index (χ2n) is 6.96. The third-order valence-electron chi connectivity index (χ3n) is 5.52. The number of hydrogen-bond donors (Lipinski definition) is 2. The van der Waals surface area contributed by atoms with Crippen LogP contribution in [0.4, 0.5) is 4.39 Å². The molecule has 0 bridgehead atoms. The van der Waals surface area contributed by atoms with Crippen LogP contribution in [0.25, 0.3) is 0 Å². The zero-order valence-corrected chi connectivity index (χ0v) is 14.0. The van der Waals surface area contributed by atoms with Crippen molar-refractivity contribution in [3.63, 3.8) is 0 Å². The minimum absolute atomic E-state index is 0.0566. The standard InChI is InChI=1S/C18H23FN2OS/c19-13-6-3-5-12-15(8-9-23-17(12)13)21-18(22)16-10-11-4-1-2-7-14(11)20-16/h3,5-6,11,14-16,20H,1-2,4,7-10H2,(H,21,22). The summed E-state index contributed by atoms with van der Waals surface area (Å²) >= 11 is 1.55. The van der Waals surface area contributed by atoms with Crippen LogP contribution in [0.3, 0.4) is 0 Å². The van der Waals surface area contributed by atoms with Gasteiger partial charge < -0.3 is 10.6 Å². The second kappa shape index (κ2) is 6.44. The van der Waals surface area contributed by atoms with Crippen molar-refractivity contribution >= 4 is 17.7 Å². The molecule has 4 unspecified atom stereocenters. The molecule has 2 N–H and O–H groups in total. The predicted molar refractivity (Wildman–Crippen MR) is 89.9 cm³/mol. The second-order valence-corrected chi connectivity index (χ2v) is 8.07. The van der Waals surface area contributed by atoms with Crippen LogP contribution in [0.2, 0.25) is 0 Å². The molecular weight excluding hydrogens is 311 g/mol. The molecule has 23 heavy (non-hydrogen) atoms. The molecule has 1 aromatic carbocycles. The van der Waals surface area contributed by atoms with Gasteiger partial charge in [-0.15, -0.1) is 11.8 Å². The Hall–Kier alpha value is -1.07. The SMILES string of the molecule is O=C(NC1CCSc2c(F)cccc21)C1CC2CCCCC2N1. The van der Waals surface area contributed by atoms with E-state index in [4.69, 9.17) is 0 Å². The Bertz CT molecular complexity index is 595. The summed E-state index contributed by atoms with van der Waals surface area (Å²) in [6, 6.07) is 5.57. The molecule has 2 aliphatic heterocycles. The molecule has 1 amide bonds. The van der Waals surface area contributed by atoms with Crippen molar-refractivity contribution in [2.75, 3.05) is 5.75 Å². The molecule has 4 rings (SSSR count). The number of fused-ring (bicyclic) bond motifs is 2. The lowest BCUT2D eigenvalue weighted by atomic mass is 9.85. The molecule has 3 nitrogen and oxygen atoms in total. The predicted octanol–water partition coefficient (Wildman–Crippen LogP) is 3.40. The van der Waals surface area contributed by atoms with Crippen molar-refractivity contribution in [1.82, 2.24) is 10.6 Å². The van der Waals surface area contributed by atoms with E-state index in [0.29, 0.717) is 16.9 Å². The Kier molecular flexibility index (Phi) is 4.33. The van der Waals surface area contributed by atoms with Crippen molar-refractivity contribution in [1.29, 1.82) is 0 Å². The number of halogens is 1. The lowest BCUT2D eigenvalue weighted by Gasteiger charge is -2.27. The molecule has 0 spiro atoms. The van der Waals surface area contributed by atoms with Crippen molar-refractivity contribution in [2.24, 2.45) is 5.92 Å². The molecule has 0 aromatic heterocycles. The van der Waals surface area contributed by atoms with Gasteiger partial charge in [-0.1, -0.05) is 25.0 Å². The van der Waals surface area contributed by atoms with Gasteiger partial charge in [0.1, 0.15) is 5.82 Å². The minimum Gasteiger partial charge on any atom is -0.348 e. The van der Waals surface area contributed by atoms with Crippen LogP contribution < -0.4 is 10.6 Å². The molecule has 1 aliphatic carbocycles. The highest BCUT2D eigenvalue weighted by atomic mass is 32.2. The summed E-state index contributed by atoms with van der Waals surface area (Å²) < 4.78 is 13.9. The first-order valence-electron chi connectivity index (χ1n) is 8.70. The van der Waals surface area contributed by atoms with Gasteiger partial charge in [-0.3, -0.25) is 4.79 Å². The monoisotopic (exact) mass is 334 g/mol. The topological polar surface area (TPSA) is 41.1 Å². The zero-order valence-electron chi connectivity index (χ0n) is 13.2. The van der Waals surface area contributed by atoms with Crippen LogP contribution in [-0.2, 0) is 4.79 Å². The molecule has 4 atom stereocenters. The van der Waals surface area contributed by atoms with E-state index in [1.165, 1.54) is 31.7 Å². The molecule has 3 aliphatic rings. The highest BCUT2D eigenvalue weighted by Gasteiger charge is 2.39. The average molecular weight is 334 g/mol. The van der Waals surface area contributed by atoms with Crippen LogP contribution in [-0.4, -0.2) is 23.7 Å². The first-order valence-corrected chi connectivity index (χ1v) is 9.68. The quantitative estimate of drug-likeness (QED) is 0.871. The Morgan fingerprint density at radius 3 is 3.00 bits per heavy atom. The van der Waals surface area contributed by atoms with Crippen LogP contribution in [0.1, 0.15) is 50.1 Å².